The molecule has 1 amide bonds. The van der Waals surface area contributed by atoms with Crippen molar-refractivity contribution in [2.24, 2.45) is 5.89 Å². The van der Waals surface area contributed by atoms with Crippen molar-refractivity contribution >= 4 is 22.8 Å². The summed E-state index contributed by atoms with van der Waals surface area (Å²) in [4.78, 5) is 25.3. The Hall–Kier alpha value is -2.62. The maximum absolute atomic E-state index is 13.0. The molecule has 1 N–H and O–H groups in total. The summed E-state index contributed by atoms with van der Waals surface area (Å²) in [5.74, 6) is -5.71. The molecule has 0 saturated carbocycles. The van der Waals surface area contributed by atoms with Crippen molar-refractivity contribution < 1.29 is 22.6 Å². The molecule has 1 fully saturated rings. The minimum atomic E-state index is -3.71. The van der Waals surface area contributed by atoms with Crippen molar-refractivity contribution in [3.8, 4) is 0 Å². The number of nitrogens with zero attached hydrogens (tertiary/aromatic N) is 5. The topological polar surface area (TPSA) is 69.5 Å². The fourth-order valence-electron chi connectivity index (χ4n) is 2.04. The van der Waals surface area contributed by atoms with E-state index in [0.29, 0.717) is 0 Å². The number of nitrogens with one attached hydrogen (secondary N) is 1. The Bertz CT molecular complexity index is 1250. The van der Waals surface area contributed by atoms with Gasteiger partial charge in [-0.25, -0.2) is 16.5 Å². The second-order valence-corrected chi connectivity index (χ2v) is 4.57. The zero-order valence-electron chi connectivity index (χ0n) is 24.9. The molecule has 0 aromatic carbocycles. The monoisotopic (exact) mass is 325 g/mol. The van der Waals surface area contributed by atoms with E-state index in [4.69, 9.17) is 24.4 Å². The Morgan fingerprint density at radius 1 is 1.83 bits per heavy atom. The number of H-pyrrole nitrogens is 1. The number of hydrogen-bond acceptors (Lipinski definition) is 4. The minimum Gasteiger partial charge on any atom is -0.354 e. The van der Waals surface area contributed by atoms with Crippen LogP contribution in [0.15, 0.2) is 18.6 Å². The maximum Gasteiger partial charge on any atom is 0.302 e. The van der Waals surface area contributed by atoms with E-state index >= 15 is 0 Å². The fraction of sp³-hybridized carbons (Fsp3) is 0.500. The molecule has 3 rings (SSSR count). The molecular formula is C16H20N6O. The Kier molecular flexibility index (Phi) is 1.66. The van der Waals surface area contributed by atoms with Crippen LogP contribution < -0.4 is 4.90 Å². The smallest absolute Gasteiger partial charge is 0.302 e. The molecule has 120 valence electrons. The lowest BCUT2D eigenvalue weighted by atomic mass is 9.92. The number of likely N-dealkylation sites (N-methyl/N-ethyl adjacent to an activating group) is 1. The molecule has 3 heterocycles. The normalized spacial score (nSPS) is 40.4. The van der Waals surface area contributed by atoms with Gasteiger partial charge in [0.05, 0.1) is 14.2 Å². The first-order valence-corrected chi connectivity index (χ1v) is 6.41. The number of likely N-dealkylation sites (tertiary alicyclic amines) is 1. The molecule has 0 radical (unpaired) electrons. The zero-order chi connectivity index (χ0) is 27.9. The highest BCUT2D eigenvalue weighted by Gasteiger charge is 2.33. The summed E-state index contributed by atoms with van der Waals surface area (Å²) < 4.78 is 107. The number of carbonyl (C=O) groups excluding carboxylic acids is 1. The van der Waals surface area contributed by atoms with Crippen LogP contribution in [0.1, 0.15) is 31.1 Å². The number of anilines is 1. The Balaban J connectivity index is 2.44. The van der Waals surface area contributed by atoms with Crippen molar-refractivity contribution in [2.45, 2.75) is 19.3 Å². The molecule has 0 spiro atoms. The lowest BCUT2D eigenvalue weighted by Crippen LogP contribution is -2.53. The van der Waals surface area contributed by atoms with Gasteiger partial charge in [0.25, 0.3) is 6.50 Å². The first-order valence-electron chi connectivity index (χ1n) is 12.9. The largest absolute Gasteiger partial charge is 0.354 e. The van der Waals surface area contributed by atoms with Gasteiger partial charge >= 0.3 is 5.91 Å². The van der Waals surface area contributed by atoms with Crippen molar-refractivity contribution in [2.75, 3.05) is 31.4 Å². The van der Waals surface area contributed by atoms with Crippen LogP contribution in [0.2, 0.25) is 0 Å². The maximum atomic E-state index is 13.0. The number of carbonyl (C=O) groups is 1. The molecule has 23 heavy (non-hydrogen) atoms. The highest BCUT2D eigenvalue weighted by atomic mass is 16.2. The van der Waals surface area contributed by atoms with E-state index < -0.39 is 67.7 Å². The third-order valence-corrected chi connectivity index (χ3v) is 3.15. The number of aromatic amines is 1. The first kappa shape index (κ1) is 6.11. The molecule has 0 bridgehead atoms. The van der Waals surface area contributed by atoms with Gasteiger partial charge in [0.2, 0.25) is 0 Å². The lowest BCUT2D eigenvalue weighted by Gasteiger charge is -2.41. The van der Waals surface area contributed by atoms with Gasteiger partial charge in [-0.05, 0) is 18.3 Å². The average molecular weight is 325 g/mol. The Morgan fingerprint density at radius 2 is 2.70 bits per heavy atom. The van der Waals surface area contributed by atoms with Gasteiger partial charge in [0, 0.05) is 37.1 Å². The van der Waals surface area contributed by atoms with E-state index in [2.05, 4.69) is 19.8 Å². The molecule has 1 saturated heterocycles. The Morgan fingerprint density at radius 3 is 3.48 bits per heavy atom. The van der Waals surface area contributed by atoms with Crippen LogP contribution in [-0.2, 0) is 4.79 Å². The molecule has 2 aromatic heterocycles. The summed E-state index contributed by atoms with van der Waals surface area (Å²) in [6.07, 6.45) is -2.93. The van der Waals surface area contributed by atoms with Gasteiger partial charge in [-0.15, -0.1) is 0 Å². The fourth-order valence-corrected chi connectivity index (χ4v) is 2.04. The highest BCUT2D eigenvalue weighted by Crippen LogP contribution is 2.28. The number of aromatic nitrogens is 3. The van der Waals surface area contributed by atoms with Gasteiger partial charge in [-0.3, -0.25) is 4.79 Å². The molecule has 7 nitrogen and oxygen atoms in total. The van der Waals surface area contributed by atoms with Crippen molar-refractivity contribution in [3.05, 3.63) is 30.0 Å². The third kappa shape index (κ3) is 2.84. The van der Waals surface area contributed by atoms with Gasteiger partial charge in [0.15, 0.2) is 0 Å². The SMILES string of the molecule is [2H]c1nc(N([C@H]2C([2H])([2H])N(C(=O)C([2H])([2H])[N+]#[C-])C([2H])([2H])C([2H])([2H])[C@@]2([2H])C)C([2H])([2H])[2H])c2cc[nH]c2n1. The summed E-state index contributed by atoms with van der Waals surface area (Å²) in [6, 6.07) is -1.27. The second-order valence-electron chi connectivity index (χ2n) is 4.57. The van der Waals surface area contributed by atoms with Crippen molar-refractivity contribution in [1.29, 1.82) is 0 Å². The van der Waals surface area contributed by atoms with E-state index in [1.165, 1.54) is 12.3 Å². The number of fused-ring (bicyclic) bond motifs is 1. The van der Waals surface area contributed by atoms with Gasteiger partial charge in [0.1, 0.15) is 21.9 Å². The highest BCUT2D eigenvalue weighted by molar-refractivity contribution is 5.87. The minimum absolute atomic E-state index is 0.0436. The lowest BCUT2D eigenvalue weighted by molar-refractivity contribution is -0.130. The van der Waals surface area contributed by atoms with Crippen LogP contribution in [0.5, 0.6) is 0 Å². The standard InChI is InChI=1S/C16H20N6O/c1-11-5-7-22(14(23)8-17-2)9-13(11)21(3)16-12-4-6-18-15(12)19-10-20-16/h4,6,10-11,13H,5,7-9H2,1,3H3,(H,18,19,20)/t11-,13+/m1/s1/i3D3,5D2,7D2,8D2,9D2,10D,11D. The number of rotatable bonds is 3. The summed E-state index contributed by atoms with van der Waals surface area (Å²) in [5, 5.41) is -0.0581. The van der Waals surface area contributed by atoms with Gasteiger partial charge in [-0.2, -0.15) is 0 Å². The molecule has 2 aromatic rings. The van der Waals surface area contributed by atoms with E-state index in [1.807, 2.05) is 0 Å². The summed E-state index contributed by atoms with van der Waals surface area (Å²) in [5.41, 5.74) is -0.0436. The van der Waals surface area contributed by atoms with Crippen LogP contribution >= 0.6 is 0 Å². The molecular weight excluding hydrogens is 292 g/mol. The molecule has 0 aliphatic carbocycles. The summed E-state index contributed by atoms with van der Waals surface area (Å²) >= 11 is 0. The predicted octanol–water partition coefficient (Wildman–Crippen LogP) is 1.55. The zero-order valence-corrected chi connectivity index (χ0v) is 11.9. The van der Waals surface area contributed by atoms with Crippen LogP contribution in [0.25, 0.3) is 15.9 Å². The van der Waals surface area contributed by atoms with Crippen LogP contribution in [-0.4, -0.2) is 58.3 Å². The quantitative estimate of drug-likeness (QED) is 0.869. The van der Waals surface area contributed by atoms with Gasteiger partial charge < -0.3 is 19.6 Å². The number of amides is 1. The third-order valence-electron chi connectivity index (χ3n) is 3.15. The van der Waals surface area contributed by atoms with Crippen LogP contribution in [0.3, 0.4) is 0 Å². The number of hydrogen-bond donors (Lipinski definition) is 1. The summed E-state index contributed by atoms with van der Waals surface area (Å²) in [6.45, 7) is -6.58. The van der Waals surface area contributed by atoms with E-state index in [-0.39, 0.29) is 15.9 Å². The molecule has 0 unspecified atom stereocenters. The van der Waals surface area contributed by atoms with Crippen molar-refractivity contribution in [3.63, 3.8) is 0 Å². The second kappa shape index (κ2) is 6.24. The van der Waals surface area contributed by atoms with E-state index in [9.17, 15) is 4.79 Å². The molecule has 2 atom stereocenters. The van der Waals surface area contributed by atoms with Crippen LogP contribution in [0.4, 0.5) is 5.82 Å². The van der Waals surface area contributed by atoms with E-state index in [0.717, 1.165) is 6.92 Å². The summed E-state index contributed by atoms with van der Waals surface area (Å²) in [7, 11) is 0. The van der Waals surface area contributed by atoms with Crippen molar-refractivity contribution in [1.82, 2.24) is 19.9 Å². The first-order chi connectivity index (χ1) is 16.1. The molecule has 7 heteroatoms. The van der Waals surface area contributed by atoms with Gasteiger partial charge in [-0.1, -0.05) is 6.92 Å². The average Bonchev–Trinajstić information content (AvgIpc) is 3.17. The number of piperidine rings is 1. The Labute approximate surface area is 153 Å². The van der Waals surface area contributed by atoms with E-state index in [1.54, 1.807) is 0 Å². The molecule has 1 aliphatic rings. The molecule has 1 aliphatic heterocycles. The predicted molar refractivity (Wildman–Crippen MR) is 87.9 cm³/mol. The van der Waals surface area contributed by atoms with Crippen LogP contribution in [0, 0.1) is 12.5 Å².